The Bertz CT molecular complexity index is 2080. The number of pyridine rings is 3. The Kier molecular flexibility index (Phi) is 19.7. The van der Waals surface area contributed by atoms with Gasteiger partial charge in [0, 0.05) is 42.7 Å². The summed E-state index contributed by atoms with van der Waals surface area (Å²) in [6, 6.07) is 9.39. The Morgan fingerprint density at radius 2 is 1.13 bits per heavy atom. The summed E-state index contributed by atoms with van der Waals surface area (Å²) in [5.41, 5.74) is 2.36. The fourth-order valence-electron chi connectivity index (χ4n) is 8.57. The van der Waals surface area contributed by atoms with Crippen molar-refractivity contribution in [2.75, 3.05) is 26.4 Å². The summed E-state index contributed by atoms with van der Waals surface area (Å²) in [7, 11) is 0. The summed E-state index contributed by atoms with van der Waals surface area (Å²) in [6.07, 6.45) is 20.4. The standard InChI is InChI=1S/C54H71N3O10/c1-37(2)15-9-16-38(3)17-10-18-39(4)19-11-24-53(8)25-23-46-42(7)47(40(5)41(6)48(46)67-53)66-52(61)62-30-26-54(34-63-49(58)43-20-12-27-55-31-43,35-64-50(59)44-21-13-28-56-32-44)36-65-51(60)45-22-14-29-57-33-45/h12-14,20-22,27-29,31-33,37-39H,9-11,15-19,23-26,30,34-36H2,1-8H3. The fraction of sp³-hybridized carbons (Fsp3) is 0.537. The van der Waals surface area contributed by atoms with Crippen molar-refractivity contribution in [3.63, 3.8) is 0 Å². The largest absolute Gasteiger partial charge is 0.513 e. The molecule has 5 rings (SSSR count). The molecule has 1 aliphatic heterocycles. The molecule has 4 aromatic rings. The van der Waals surface area contributed by atoms with Gasteiger partial charge in [0.25, 0.3) is 0 Å². The zero-order valence-electron chi connectivity index (χ0n) is 40.9. The van der Waals surface area contributed by atoms with Gasteiger partial charge in [-0.2, -0.15) is 0 Å². The first-order valence-electron chi connectivity index (χ1n) is 24.0. The van der Waals surface area contributed by atoms with Crippen molar-refractivity contribution in [2.24, 2.45) is 23.2 Å². The summed E-state index contributed by atoms with van der Waals surface area (Å²) in [6.45, 7) is 16.0. The van der Waals surface area contributed by atoms with Crippen molar-refractivity contribution in [1.82, 2.24) is 15.0 Å². The van der Waals surface area contributed by atoms with Crippen molar-refractivity contribution < 1.29 is 47.6 Å². The van der Waals surface area contributed by atoms with Gasteiger partial charge in [0.1, 0.15) is 36.9 Å². The highest BCUT2D eigenvalue weighted by Gasteiger charge is 2.38. The molecular formula is C54H71N3O10. The number of hydrogen-bond donors (Lipinski definition) is 0. The zero-order chi connectivity index (χ0) is 48.4. The van der Waals surface area contributed by atoms with Crippen LogP contribution in [0.2, 0.25) is 0 Å². The van der Waals surface area contributed by atoms with Crippen LogP contribution in [0.4, 0.5) is 4.79 Å². The summed E-state index contributed by atoms with van der Waals surface area (Å²) < 4.78 is 35.6. The zero-order valence-corrected chi connectivity index (χ0v) is 40.9. The maximum atomic E-state index is 13.5. The van der Waals surface area contributed by atoms with E-state index in [1.54, 1.807) is 36.4 Å². The first-order chi connectivity index (χ1) is 32.1. The van der Waals surface area contributed by atoms with Gasteiger partial charge in [-0.25, -0.2) is 19.2 Å². The molecule has 1 aromatic carbocycles. The van der Waals surface area contributed by atoms with Crippen LogP contribution in [0.3, 0.4) is 0 Å². The number of carbonyl (C=O) groups excluding carboxylic acids is 4. The molecule has 3 aromatic heterocycles. The van der Waals surface area contributed by atoms with E-state index in [0.29, 0.717) is 11.7 Å². The summed E-state index contributed by atoms with van der Waals surface area (Å²) >= 11 is 0. The molecule has 4 heterocycles. The maximum absolute atomic E-state index is 13.5. The number of benzene rings is 1. The average Bonchev–Trinajstić information content (AvgIpc) is 3.32. The van der Waals surface area contributed by atoms with Crippen LogP contribution in [0.25, 0.3) is 0 Å². The summed E-state index contributed by atoms with van der Waals surface area (Å²) in [4.78, 5) is 65.0. The predicted molar refractivity (Wildman–Crippen MR) is 255 cm³/mol. The highest BCUT2D eigenvalue weighted by molar-refractivity contribution is 5.90. The van der Waals surface area contributed by atoms with Crippen molar-refractivity contribution in [1.29, 1.82) is 0 Å². The Labute approximate surface area is 397 Å². The lowest BCUT2D eigenvalue weighted by Crippen LogP contribution is -2.41. The van der Waals surface area contributed by atoms with E-state index in [1.807, 2.05) is 20.8 Å². The molecule has 0 radical (unpaired) electrons. The van der Waals surface area contributed by atoms with E-state index in [0.717, 1.165) is 65.5 Å². The summed E-state index contributed by atoms with van der Waals surface area (Å²) in [5, 5.41) is 0. The van der Waals surface area contributed by atoms with Gasteiger partial charge in [-0.15, -0.1) is 0 Å². The minimum absolute atomic E-state index is 0.0762. The molecule has 0 spiro atoms. The minimum Gasteiger partial charge on any atom is -0.487 e. The third-order valence-electron chi connectivity index (χ3n) is 13.1. The summed E-state index contributed by atoms with van der Waals surface area (Å²) in [5.74, 6) is 1.41. The van der Waals surface area contributed by atoms with Crippen LogP contribution in [-0.2, 0) is 25.4 Å². The molecule has 13 heteroatoms. The Morgan fingerprint density at radius 1 is 0.657 bits per heavy atom. The molecular weight excluding hydrogens is 851 g/mol. The molecule has 0 saturated carbocycles. The normalized spacial score (nSPS) is 15.4. The van der Waals surface area contributed by atoms with Gasteiger partial charge in [0.15, 0.2) is 0 Å². The second-order valence-corrected chi connectivity index (χ2v) is 19.3. The van der Waals surface area contributed by atoms with Crippen LogP contribution in [0, 0.1) is 43.9 Å². The number of fused-ring (bicyclic) bond motifs is 1. The lowest BCUT2D eigenvalue weighted by Gasteiger charge is -2.38. The van der Waals surface area contributed by atoms with Gasteiger partial charge in [-0.05, 0) is 131 Å². The highest BCUT2D eigenvalue weighted by Crippen LogP contribution is 2.45. The van der Waals surface area contributed by atoms with E-state index in [9.17, 15) is 19.2 Å². The number of hydrogen-bond acceptors (Lipinski definition) is 13. The van der Waals surface area contributed by atoms with Gasteiger partial charge in [-0.3, -0.25) is 15.0 Å². The fourth-order valence-corrected chi connectivity index (χ4v) is 8.57. The number of esters is 3. The van der Waals surface area contributed by atoms with E-state index in [-0.39, 0.29) is 35.3 Å². The third-order valence-corrected chi connectivity index (χ3v) is 13.1. The lowest BCUT2D eigenvalue weighted by molar-refractivity contribution is -0.0480. The number of carbonyl (C=O) groups is 4. The van der Waals surface area contributed by atoms with E-state index in [4.69, 9.17) is 28.4 Å². The van der Waals surface area contributed by atoms with Gasteiger partial charge < -0.3 is 28.4 Å². The van der Waals surface area contributed by atoms with Crippen LogP contribution in [0.1, 0.15) is 159 Å². The highest BCUT2D eigenvalue weighted by atomic mass is 16.7. The van der Waals surface area contributed by atoms with Gasteiger partial charge in [0.05, 0.1) is 28.7 Å². The number of aromatic nitrogens is 3. The minimum atomic E-state index is -1.39. The van der Waals surface area contributed by atoms with Crippen molar-refractivity contribution in [2.45, 2.75) is 138 Å². The first-order valence-corrected chi connectivity index (χ1v) is 24.0. The van der Waals surface area contributed by atoms with Gasteiger partial charge in [0.2, 0.25) is 0 Å². The van der Waals surface area contributed by atoms with E-state index >= 15 is 0 Å². The molecule has 13 nitrogen and oxygen atoms in total. The Hall–Kier alpha value is -5.85. The molecule has 1 aliphatic rings. The number of ether oxygens (including phenoxy) is 6. The molecule has 0 saturated heterocycles. The Balaban J connectivity index is 1.23. The van der Waals surface area contributed by atoms with Crippen LogP contribution in [0.15, 0.2) is 73.6 Å². The second kappa shape index (κ2) is 25.3. The quantitative estimate of drug-likeness (QED) is 0.0351. The predicted octanol–water partition coefficient (Wildman–Crippen LogP) is 11.8. The molecule has 0 aliphatic carbocycles. The van der Waals surface area contributed by atoms with Crippen molar-refractivity contribution in [3.05, 3.63) is 113 Å². The smallest absolute Gasteiger partial charge is 0.487 e. The molecule has 0 fully saturated rings. The topological polar surface area (TPSA) is 162 Å². The second-order valence-electron chi connectivity index (χ2n) is 19.3. The molecule has 3 atom stereocenters. The van der Waals surface area contributed by atoms with Gasteiger partial charge >= 0.3 is 24.1 Å². The lowest BCUT2D eigenvalue weighted by atomic mass is 9.83. The van der Waals surface area contributed by atoms with Crippen LogP contribution in [-0.4, -0.2) is 71.0 Å². The Morgan fingerprint density at radius 3 is 1.60 bits per heavy atom. The average molecular weight is 922 g/mol. The van der Waals surface area contributed by atoms with Crippen LogP contribution >= 0.6 is 0 Å². The first kappa shape index (κ1) is 52.1. The molecule has 0 amide bonds. The number of nitrogens with zero attached hydrogens (tertiary/aromatic N) is 3. The SMILES string of the molecule is Cc1c(C)c2c(c(C)c1OC(=O)OCCC(COC(=O)c1cccnc1)(COC(=O)c1cccnc1)COC(=O)c1cccnc1)CCC(C)(CCCC(C)CCCC(C)CCCC(C)C)O2. The van der Waals surface area contributed by atoms with E-state index < -0.39 is 49.3 Å². The monoisotopic (exact) mass is 922 g/mol. The molecule has 0 N–H and O–H groups in total. The number of rotatable bonds is 25. The maximum Gasteiger partial charge on any atom is 0.513 e. The van der Waals surface area contributed by atoms with E-state index in [2.05, 4.69) is 49.6 Å². The third kappa shape index (κ3) is 15.9. The van der Waals surface area contributed by atoms with Gasteiger partial charge in [-0.1, -0.05) is 72.6 Å². The van der Waals surface area contributed by atoms with E-state index in [1.165, 1.54) is 82.1 Å². The van der Waals surface area contributed by atoms with Crippen LogP contribution < -0.4 is 9.47 Å². The van der Waals surface area contributed by atoms with Crippen LogP contribution in [0.5, 0.6) is 11.5 Å². The van der Waals surface area contributed by atoms with Crippen molar-refractivity contribution >= 4 is 24.1 Å². The molecule has 3 unspecified atom stereocenters. The van der Waals surface area contributed by atoms with Crippen molar-refractivity contribution in [3.8, 4) is 11.5 Å². The molecule has 362 valence electrons. The molecule has 0 bridgehead atoms. The molecule has 67 heavy (non-hydrogen) atoms.